The first kappa shape index (κ1) is 17.6. The SMILES string of the molecule is Cc1nonc1CC(=O)N1CCC(c2nc(-c3ccsc3)cc(=O)[nH]2)CC1. The number of piperidine rings is 1. The number of aromatic amines is 1. The van der Waals surface area contributed by atoms with Crippen LogP contribution in [0.1, 0.15) is 36.0 Å². The lowest BCUT2D eigenvalue weighted by Crippen LogP contribution is -2.39. The minimum absolute atomic E-state index is 0.0146. The molecule has 1 aliphatic heterocycles. The minimum atomic E-state index is -0.145. The molecular formula is C18H19N5O3S. The van der Waals surface area contributed by atoms with Gasteiger partial charge in [-0.1, -0.05) is 10.3 Å². The molecule has 8 nitrogen and oxygen atoms in total. The molecule has 0 unspecified atom stereocenters. The molecule has 4 heterocycles. The Balaban J connectivity index is 1.43. The van der Waals surface area contributed by atoms with Crippen LogP contribution in [0.5, 0.6) is 0 Å². The maximum absolute atomic E-state index is 12.5. The fourth-order valence-electron chi connectivity index (χ4n) is 3.30. The number of hydrogen-bond acceptors (Lipinski definition) is 7. The highest BCUT2D eigenvalue weighted by molar-refractivity contribution is 7.08. The van der Waals surface area contributed by atoms with Gasteiger partial charge in [-0.15, -0.1) is 0 Å². The second-order valence-electron chi connectivity index (χ2n) is 6.66. The summed E-state index contributed by atoms with van der Waals surface area (Å²) in [5, 5.41) is 11.4. The topological polar surface area (TPSA) is 105 Å². The molecule has 3 aromatic heterocycles. The molecule has 0 aromatic carbocycles. The van der Waals surface area contributed by atoms with Crippen LogP contribution in [0.4, 0.5) is 0 Å². The van der Waals surface area contributed by atoms with Crippen molar-refractivity contribution in [2.24, 2.45) is 0 Å². The number of likely N-dealkylation sites (tertiary alicyclic amines) is 1. The zero-order chi connectivity index (χ0) is 18.8. The summed E-state index contributed by atoms with van der Waals surface area (Å²) in [7, 11) is 0. The molecule has 0 saturated carbocycles. The summed E-state index contributed by atoms with van der Waals surface area (Å²) in [6.45, 7) is 3.02. The highest BCUT2D eigenvalue weighted by Crippen LogP contribution is 2.27. The van der Waals surface area contributed by atoms with Crippen LogP contribution >= 0.6 is 11.3 Å². The van der Waals surface area contributed by atoms with Crippen LogP contribution in [0.3, 0.4) is 0 Å². The van der Waals surface area contributed by atoms with Crippen molar-refractivity contribution in [1.82, 2.24) is 25.2 Å². The molecule has 1 aliphatic rings. The van der Waals surface area contributed by atoms with E-state index in [0.29, 0.717) is 36.0 Å². The first-order valence-electron chi connectivity index (χ1n) is 8.80. The third-order valence-corrected chi connectivity index (χ3v) is 5.56. The Kier molecular flexibility index (Phi) is 4.85. The van der Waals surface area contributed by atoms with Gasteiger partial charge in [-0.05, 0) is 31.2 Å². The Bertz CT molecular complexity index is 987. The molecule has 1 N–H and O–H groups in total. The number of nitrogens with one attached hydrogen (secondary N) is 1. The molecule has 0 radical (unpaired) electrons. The van der Waals surface area contributed by atoms with Gasteiger partial charge < -0.3 is 9.88 Å². The van der Waals surface area contributed by atoms with Crippen molar-refractivity contribution >= 4 is 17.2 Å². The second kappa shape index (κ2) is 7.43. The van der Waals surface area contributed by atoms with Crippen LogP contribution in [0.15, 0.2) is 32.3 Å². The van der Waals surface area contributed by atoms with E-state index < -0.39 is 0 Å². The Labute approximate surface area is 159 Å². The molecule has 0 bridgehead atoms. The van der Waals surface area contributed by atoms with Crippen molar-refractivity contribution in [3.8, 4) is 11.3 Å². The van der Waals surface area contributed by atoms with E-state index in [4.69, 9.17) is 0 Å². The van der Waals surface area contributed by atoms with E-state index in [1.54, 1.807) is 18.3 Å². The quantitative estimate of drug-likeness (QED) is 0.738. The van der Waals surface area contributed by atoms with Crippen LogP contribution in [-0.2, 0) is 11.2 Å². The molecule has 1 saturated heterocycles. The number of H-pyrrole nitrogens is 1. The normalized spacial score (nSPS) is 15.2. The maximum atomic E-state index is 12.5. The van der Waals surface area contributed by atoms with E-state index in [2.05, 4.69) is 24.9 Å². The summed E-state index contributed by atoms with van der Waals surface area (Å²) < 4.78 is 4.65. The molecule has 1 fully saturated rings. The molecule has 0 spiro atoms. The van der Waals surface area contributed by atoms with Crippen molar-refractivity contribution in [2.45, 2.75) is 32.1 Å². The van der Waals surface area contributed by atoms with E-state index in [0.717, 1.165) is 18.4 Å². The average Bonchev–Trinajstić information content (AvgIpc) is 3.34. The molecule has 3 aromatic rings. The van der Waals surface area contributed by atoms with Gasteiger partial charge in [0.05, 0.1) is 12.1 Å². The zero-order valence-corrected chi connectivity index (χ0v) is 15.7. The first-order valence-corrected chi connectivity index (χ1v) is 9.74. The molecule has 27 heavy (non-hydrogen) atoms. The molecule has 140 valence electrons. The van der Waals surface area contributed by atoms with Crippen molar-refractivity contribution in [2.75, 3.05) is 13.1 Å². The lowest BCUT2D eigenvalue weighted by atomic mass is 9.95. The van der Waals surface area contributed by atoms with Gasteiger partial charge in [0.25, 0.3) is 5.56 Å². The lowest BCUT2D eigenvalue weighted by Gasteiger charge is -2.31. The van der Waals surface area contributed by atoms with Crippen LogP contribution in [0.25, 0.3) is 11.3 Å². The van der Waals surface area contributed by atoms with Crippen molar-refractivity contribution in [3.63, 3.8) is 0 Å². The van der Waals surface area contributed by atoms with Gasteiger partial charge in [0, 0.05) is 36.0 Å². The molecule has 9 heteroatoms. The number of aryl methyl sites for hydroxylation is 1. The predicted molar refractivity (Wildman–Crippen MR) is 99.5 cm³/mol. The number of thiophene rings is 1. The van der Waals surface area contributed by atoms with E-state index >= 15 is 0 Å². The molecule has 0 atom stereocenters. The van der Waals surface area contributed by atoms with Crippen LogP contribution in [0.2, 0.25) is 0 Å². The van der Waals surface area contributed by atoms with Gasteiger partial charge in [0.1, 0.15) is 17.2 Å². The van der Waals surface area contributed by atoms with Crippen LogP contribution in [0, 0.1) is 6.92 Å². The minimum Gasteiger partial charge on any atom is -0.342 e. The summed E-state index contributed by atoms with van der Waals surface area (Å²) in [6, 6.07) is 3.48. The third kappa shape index (κ3) is 3.82. The van der Waals surface area contributed by atoms with E-state index in [-0.39, 0.29) is 23.8 Å². The number of hydrogen-bond donors (Lipinski definition) is 1. The smallest absolute Gasteiger partial charge is 0.251 e. The molecular weight excluding hydrogens is 366 g/mol. The number of rotatable bonds is 4. The number of aromatic nitrogens is 4. The van der Waals surface area contributed by atoms with Gasteiger partial charge in [-0.2, -0.15) is 11.3 Å². The van der Waals surface area contributed by atoms with E-state index in [1.165, 1.54) is 6.07 Å². The molecule has 4 rings (SSSR count). The summed E-state index contributed by atoms with van der Waals surface area (Å²) in [4.78, 5) is 33.9. The van der Waals surface area contributed by atoms with Gasteiger partial charge >= 0.3 is 0 Å². The summed E-state index contributed by atoms with van der Waals surface area (Å²) in [5.74, 6) is 0.851. The second-order valence-corrected chi connectivity index (χ2v) is 7.44. The monoisotopic (exact) mass is 385 g/mol. The lowest BCUT2D eigenvalue weighted by molar-refractivity contribution is -0.131. The Morgan fingerprint density at radius 2 is 2.19 bits per heavy atom. The molecule has 1 amide bonds. The summed E-state index contributed by atoms with van der Waals surface area (Å²) >= 11 is 1.57. The van der Waals surface area contributed by atoms with Crippen molar-refractivity contribution < 1.29 is 9.42 Å². The largest absolute Gasteiger partial charge is 0.342 e. The fraction of sp³-hybridized carbons (Fsp3) is 0.389. The summed E-state index contributed by atoms with van der Waals surface area (Å²) in [6.07, 6.45) is 1.72. The van der Waals surface area contributed by atoms with Gasteiger partial charge in [-0.25, -0.2) is 9.61 Å². The van der Waals surface area contributed by atoms with Crippen molar-refractivity contribution in [3.05, 3.63) is 50.5 Å². The maximum Gasteiger partial charge on any atom is 0.251 e. The van der Waals surface area contributed by atoms with E-state index in [1.807, 2.05) is 21.7 Å². The van der Waals surface area contributed by atoms with Crippen LogP contribution in [-0.4, -0.2) is 44.2 Å². The van der Waals surface area contributed by atoms with Gasteiger partial charge in [0.2, 0.25) is 5.91 Å². The van der Waals surface area contributed by atoms with E-state index in [9.17, 15) is 9.59 Å². The average molecular weight is 385 g/mol. The Morgan fingerprint density at radius 1 is 1.37 bits per heavy atom. The Hall–Kier alpha value is -2.81. The highest BCUT2D eigenvalue weighted by atomic mass is 32.1. The number of carbonyl (C=O) groups is 1. The van der Waals surface area contributed by atoms with Crippen LogP contribution < -0.4 is 5.56 Å². The summed E-state index contributed by atoms with van der Waals surface area (Å²) in [5.41, 5.74) is 2.73. The molecule has 0 aliphatic carbocycles. The zero-order valence-electron chi connectivity index (χ0n) is 14.8. The predicted octanol–water partition coefficient (Wildman–Crippen LogP) is 2.14. The first-order chi connectivity index (χ1) is 13.1. The standard InChI is InChI=1S/C18H19N5O3S/c1-11-14(22-26-21-11)9-17(25)23-5-2-12(3-6-23)18-19-15(8-16(24)20-18)13-4-7-27-10-13/h4,7-8,10,12H,2-3,5-6,9H2,1H3,(H,19,20,24). The number of nitrogens with zero attached hydrogens (tertiary/aromatic N) is 4. The highest BCUT2D eigenvalue weighted by Gasteiger charge is 2.26. The van der Waals surface area contributed by atoms with Gasteiger partial charge in [-0.3, -0.25) is 9.59 Å². The number of carbonyl (C=O) groups excluding carboxylic acids is 1. The number of amides is 1. The fourth-order valence-corrected chi connectivity index (χ4v) is 3.94. The van der Waals surface area contributed by atoms with Crippen molar-refractivity contribution in [1.29, 1.82) is 0 Å². The Morgan fingerprint density at radius 3 is 2.85 bits per heavy atom. The van der Waals surface area contributed by atoms with Gasteiger partial charge in [0.15, 0.2) is 0 Å². The third-order valence-electron chi connectivity index (χ3n) is 4.88.